The van der Waals surface area contributed by atoms with Crippen molar-refractivity contribution >= 4 is 56.7 Å². The first-order valence-electron chi connectivity index (χ1n) is 10.1. The molecule has 1 heterocycles. The molecule has 0 N–H and O–H groups in total. The lowest BCUT2D eigenvalue weighted by molar-refractivity contribution is -0.125. The number of carbonyl (C=O) groups is 3. The summed E-state index contributed by atoms with van der Waals surface area (Å²) in [6, 6.07) is 8.05. The van der Waals surface area contributed by atoms with Gasteiger partial charge in [0.05, 0.1) is 36.3 Å². The van der Waals surface area contributed by atoms with Crippen molar-refractivity contribution in [3.05, 3.63) is 58.1 Å². The molecular formula is C22H22Cl2N2O8S. The van der Waals surface area contributed by atoms with Gasteiger partial charge in [-0.1, -0.05) is 23.2 Å². The third kappa shape index (κ3) is 5.50. The third-order valence-corrected chi connectivity index (χ3v) is 7.94. The standard InChI is InChI=1S/C22H22Cl2N2O8S/c1-32-20(33-2)12-25(35(30,31)18-10-14(23)6-9-16(18)24)17-11-19(27)26(21(17)28)15-7-4-13(5-8-15)22(29)34-3/h4-10,17,20H,11-12H2,1-3H3. The number of carbonyl (C=O) groups excluding carboxylic acids is 3. The predicted molar refractivity (Wildman–Crippen MR) is 127 cm³/mol. The molecule has 0 radical (unpaired) electrons. The molecule has 1 unspecified atom stereocenters. The molecule has 0 aliphatic carbocycles. The Balaban J connectivity index is 2.02. The smallest absolute Gasteiger partial charge is 0.337 e. The highest BCUT2D eigenvalue weighted by Gasteiger charge is 2.48. The Hall–Kier alpha value is -2.54. The van der Waals surface area contributed by atoms with E-state index in [0.717, 1.165) is 15.3 Å². The average molecular weight is 545 g/mol. The molecule has 0 aromatic heterocycles. The minimum absolute atomic E-state index is 0.113. The number of amides is 2. The number of methoxy groups -OCH3 is 3. The van der Waals surface area contributed by atoms with Gasteiger partial charge in [0.1, 0.15) is 10.9 Å². The van der Waals surface area contributed by atoms with Crippen molar-refractivity contribution in [1.82, 2.24) is 4.31 Å². The van der Waals surface area contributed by atoms with Crippen LogP contribution in [-0.2, 0) is 33.8 Å². The maximum absolute atomic E-state index is 13.6. The van der Waals surface area contributed by atoms with E-state index in [9.17, 15) is 22.8 Å². The van der Waals surface area contributed by atoms with Crippen LogP contribution in [0.2, 0.25) is 10.0 Å². The van der Waals surface area contributed by atoms with Gasteiger partial charge >= 0.3 is 5.97 Å². The van der Waals surface area contributed by atoms with Crippen molar-refractivity contribution in [2.24, 2.45) is 0 Å². The molecule has 1 fully saturated rings. The molecular weight excluding hydrogens is 523 g/mol. The van der Waals surface area contributed by atoms with Gasteiger partial charge in [-0.2, -0.15) is 4.31 Å². The highest BCUT2D eigenvalue weighted by atomic mass is 35.5. The fraction of sp³-hybridized carbons (Fsp3) is 0.318. The molecule has 10 nitrogen and oxygen atoms in total. The molecule has 35 heavy (non-hydrogen) atoms. The largest absolute Gasteiger partial charge is 0.465 e. The number of rotatable bonds is 9. The van der Waals surface area contributed by atoms with Gasteiger partial charge in [-0.25, -0.2) is 18.1 Å². The number of imide groups is 1. The number of ether oxygens (including phenoxy) is 3. The van der Waals surface area contributed by atoms with Gasteiger partial charge < -0.3 is 14.2 Å². The molecule has 2 aromatic carbocycles. The molecule has 3 rings (SSSR count). The number of sulfonamides is 1. The molecule has 2 aromatic rings. The van der Waals surface area contributed by atoms with E-state index in [4.69, 9.17) is 32.7 Å². The number of nitrogens with zero attached hydrogens (tertiary/aromatic N) is 2. The quantitative estimate of drug-likeness (QED) is 0.268. The van der Waals surface area contributed by atoms with Crippen molar-refractivity contribution in [3.63, 3.8) is 0 Å². The molecule has 1 aliphatic heterocycles. The van der Waals surface area contributed by atoms with Crippen LogP contribution in [0.1, 0.15) is 16.8 Å². The van der Waals surface area contributed by atoms with E-state index >= 15 is 0 Å². The van der Waals surface area contributed by atoms with Gasteiger partial charge in [-0.15, -0.1) is 0 Å². The van der Waals surface area contributed by atoms with Gasteiger partial charge in [-0.3, -0.25) is 9.59 Å². The lowest BCUT2D eigenvalue weighted by atomic mass is 10.2. The molecule has 2 amide bonds. The van der Waals surface area contributed by atoms with E-state index < -0.39 is 53.1 Å². The van der Waals surface area contributed by atoms with E-state index in [1.165, 1.54) is 57.7 Å². The van der Waals surface area contributed by atoms with Gasteiger partial charge in [-0.05, 0) is 42.5 Å². The van der Waals surface area contributed by atoms with Crippen LogP contribution in [0.15, 0.2) is 47.4 Å². The van der Waals surface area contributed by atoms with Gasteiger partial charge in [0.2, 0.25) is 15.9 Å². The first-order chi connectivity index (χ1) is 16.5. The van der Waals surface area contributed by atoms with Crippen molar-refractivity contribution in [1.29, 1.82) is 0 Å². The number of halogens is 2. The van der Waals surface area contributed by atoms with Crippen molar-refractivity contribution in [2.75, 3.05) is 32.8 Å². The van der Waals surface area contributed by atoms with Crippen LogP contribution in [0.25, 0.3) is 0 Å². The molecule has 0 spiro atoms. The van der Waals surface area contributed by atoms with Crippen molar-refractivity contribution in [3.8, 4) is 0 Å². The summed E-state index contributed by atoms with van der Waals surface area (Å²) >= 11 is 12.1. The highest BCUT2D eigenvalue weighted by molar-refractivity contribution is 7.89. The SMILES string of the molecule is COC(=O)c1ccc(N2C(=O)CC(N(CC(OC)OC)S(=O)(=O)c3cc(Cl)ccc3Cl)C2=O)cc1. The van der Waals surface area contributed by atoms with Crippen LogP contribution in [0.3, 0.4) is 0 Å². The van der Waals surface area contributed by atoms with E-state index in [0.29, 0.717) is 0 Å². The summed E-state index contributed by atoms with van der Waals surface area (Å²) in [6.45, 7) is -0.406. The Morgan fingerprint density at radius 3 is 2.29 bits per heavy atom. The molecule has 0 saturated carbocycles. The fourth-order valence-corrected chi connectivity index (χ4v) is 5.87. The first kappa shape index (κ1) is 27.1. The van der Waals surface area contributed by atoms with Crippen LogP contribution < -0.4 is 4.90 Å². The number of esters is 1. The Morgan fingerprint density at radius 2 is 1.71 bits per heavy atom. The number of hydrogen-bond donors (Lipinski definition) is 0. The first-order valence-corrected chi connectivity index (χ1v) is 12.3. The summed E-state index contributed by atoms with van der Waals surface area (Å²) in [4.78, 5) is 38.5. The fourth-order valence-electron chi connectivity index (χ4n) is 3.56. The highest BCUT2D eigenvalue weighted by Crippen LogP contribution is 2.33. The zero-order valence-corrected chi connectivity index (χ0v) is 21.3. The van der Waals surface area contributed by atoms with Crippen molar-refractivity contribution in [2.45, 2.75) is 23.6 Å². The monoisotopic (exact) mass is 544 g/mol. The van der Waals surface area contributed by atoms with Crippen LogP contribution in [-0.4, -0.2) is 70.7 Å². The number of hydrogen-bond acceptors (Lipinski definition) is 8. The van der Waals surface area contributed by atoms with Crippen LogP contribution in [0.4, 0.5) is 5.69 Å². The van der Waals surface area contributed by atoms with Crippen LogP contribution in [0.5, 0.6) is 0 Å². The molecule has 188 valence electrons. The van der Waals surface area contributed by atoms with Crippen LogP contribution in [0, 0.1) is 0 Å². The zero-order chi connectivity index (χ0) is 25.9. The summed E-state index contributed by atoms with van der Waals surface area (Å²) in [5, 5.41) is 0.00177. The Kier molecular flexibility index (Phi) is 8.52. The molecule has 1 atom stereocenters. The van der Waals surface area contributed by atoms with Crippen LogP contribution >= 0.6 is 23.2 Å². The molecule has 1 saturated heterocycles. The summed E-state index contributed by atoms with van der Waals surface area (Å²) < 4.78 is 43.1. The normalized spacial score (nSPS) is 16.4. The van der Waals surface area contributed by atoms with Crippen molar-refractivity contribution < 1.29 is 37.0 Å². The maximum atomic E-state index is 13.6. The molecule has 0 bridgehead atoms. The minimum Gasteiger partial charge on any atom is -0.465 e. The Labute approximate surface area is 212 Å². The van der Waals surface area contributed by atoms with E-state index in [1.54, 1.807) is 0 Å². The lowest BCUT2D eigenvalue weighted by Gasteiger charge is -2.29. The summed E-state index contributed by atoms with van der Waals surface area (Å²) in [6.07, 6.45) is -1.48. The Morgan fingerprint density at radius 1 is 1.09 bits per heavy atom. The second kappa shape index (κ2) is 11.0. The second-order valence-electron chi connectivity index (χ2n) is 7.38. The van der Waals surface area contributed by atoms with E-state index in [1.807, 2.05) is 0 Å². The van der Waals surface area contributed by atoms with Gasteiger partial charge in [0.15, 0.2) is 6.29 Å². The zero-order valence-electron chi connectivity index (χ0n) is 18.9. The lowest BCUT2D eigenvalue weighted by Crippen LogP contribution is -2.49. The number of benzene rings is 2. The number of anilines is 1. The average Bonchev–Trinajstić information content (AvgIpc) is 3.13. The molecule has 1 aliphatic rings. The summed E-state index contributed by atoms with van der Waals surface area (Å²) in [7, 11) is -0.600. The summed E-state index contributed by atoms with van der Waals surface area (Å²) in [5.74, 6) is -2.00. The van der Waals surface area contributed by atoms with Gasteiger partial charge in [0, 0.05) is 19.2 Å². The maximum Gasteiger partial charge on any atom is 0.337 e. The molecule has 13 heteroatoms. The predicted octanol–water partition coefficient (Wildman–Crippen LogP) is 2.72. The third-order valence-electron chi connectivity index (χ3n) is 5.35. The minimum atomic E-state index is -4.44. The second-order valence-corrected chi connectivity index (χ2v) is 10.1. The topological polar surface area (TPSA) is 120 Å². The van der Waals surface area contributed by atoms with Gasteiger partial charge in [0.25, 0.3) is 5.91 Å². The van der Waals surface area contributed by atoms with E-state index in [2.05, 4.69) is 4.74 Å². The Bertz CT molecular complexity index is 1230. The van der Waals surface area contributed by atoms with E-state index in [-0.39, 0.29) is 26.2 Å². The summed E-state index contributed by atoms with van der Waals surface area (Å²) in [5.41, 5.74) is 0.387.